The Morgan fingerprint density at radius 1 is 1.39 bits per heavy atom. The molecule has 0 atom stereocenters. The molecule has 0 spiro atoms. The number of carbonyl (C=O) groups excluding carboxylic acids is 1. The number of fused-ring (bicyclic) bond motifs is 1. The molecule has 1 aromatic rings. The molecule has 1 amide bonds. The van der Waals surface area contributed by atoms with Crippen LogP contribution in [0.2, 0.25) is 0 Å². The molecule has 1 aliphatic rings. The minimum absolute atomic E-state index is 0.0958. The Bertz CT molecular complexity index is 440. The summed E-state index contributed by atoms with van der Waals surface area (Å²) in [7, 11) is 1.69. The van der Waals surface area contributed by atoms with Crippen molar-refractivity contribution in [3.63, 3.8) is 0 Å². The smallest absolute Gasteiger partial charge is 0.233 e. The van der Waals surface area contributed by atoms with E-state index in [1.165, 1.54) is 16.7 Å². The quantitative estimate of drug-likeness (QED) is 0.883. The topological polar surface area (TPSA) is 32.3 Å². The van der Waals surface area contributed by atoms with Gasteiger partial charge in [-0.1, -0.05) is 32.0 Å². The number of hydrogen-bond donors (Lipinski definition) is 1. The summed E-state index contributed by atoms with van der Waals surface area (Å²) < 4.78 is 0. The van der Waals surface area contributed by atoms with E-state index in [0.29, 0.717) is 12.5 Å². The zero-order valence-electron chi connectivity index (χ0n) is 11.5. The van der Waals surface area contributed by atoms with Crippen molar-refractivity contribution in [1.82, 2.24) is 10.2 Å². The molecule has 1 heterocycles. The largest absolute Gasteiger partial charge is 0.358 e. The minimum Gasteiger partial charge on any atom is -0.358 e. The third-order valence-electron chi connectivity index (χ3n) is 3.63. The number of amides is 1. The lowest BCUT2D eigenvalue weighted by Gasteiger charge is -2.28. The van der Waals surface area contributed by atoms with Gasteiger partial charge in [0.25, 0.3) is 0 Å². The Balaban J connectivity index is 2.12. The molecule has 0 saturated carbocycles. The summed E-state index contributed by atoms with van der Waals surface area (Å²) in [4.78, 5) is 13.6. The maximum Gasteiger partial charge on any atom is 0.233 e. The van der Waals surface area contributed by atoms with Gasteiger partial charge in [-0.2, -0.15) is 0 Å². The van der Waals surface area contributed by atoms with Crippen molar-refractivity contribution in [3.8, 4) is 0 Å². The number of nitrogens with one attached hydrogen (secondary N) is 1. The van der Waals surface area contributed by atoms with E-state index >= 15 is 0 Å². The Hall–Kier alpha value is -1.35. The van der Waals surface area contributed by atoms with Crippen LogP contribution >= 0.6 is 0 Å². The number of rotatable bonds is 3. The van der Waals surface area contributed by atoms with Crippen LogP contribution in [0, 0.1) is 0 Å². The fourth-order valence-corrected chi connectivity index (χ4v) is 2.41. The summed E-state index contributed by atoms with van der Waals surface area (Å²) in [5.74, 6) is 0.656. The lowest BCUT2D eigenvalue weighted by atomic mass is 9.93. The Labute approximate surface area is 109 Å². The second kappa shape index (κ2) is 5.53. The van der Waals surface area contributed by atoms with E-state index in [-0.39, 0.29) is 5.91 Å². The molecule has 0 unspecified atom stereocenters. The van der Waals surface area contributed by atoms with Gasteiger partial charge in [0.15, 0.2) is 0 Å². The number of carbonyl (C=O) groups is 1. The first-order chi connectivity index (χ1) is 8.60. The molecule has 0 bridgehead atoms. The molecular weight excluding hydrogens is 224 g/mol. The van der Waals surface area contributed by atoms with Crippen LogP contribution in [0.1, 0.15) is 36.5 Å². The van der Waals surface area contributed by atoms with Crippen molar-refractivity contribution in [2.45, 2.75) is 32.7 Å². The summed E-state index contributed by atoms with van der Waals surface area (Å²) in [6, 6.07) is 6.79. The third kappa shape index (κ3) is 2.91. The summed E-state index contributed by atoms with van der Waals surface area (Å²) in [6.45, 7) is 6.80. The summed E-state index contributed by atoms with van der Waals surface area (Å²) >= 11 is 0. The number of hydrogen-bond acceptors (Lipinski definition) is 2. The van der Waals surface area contributed by atoms with Crippen LogP contribution in [0.3, 0.4) is 0 Å². The van der Waals surface area contributed by atoms with Crippen molar-refractivity contribution in [1.29, 1.82) is 0 Å². The van der Waals surface area contributed by atoms with E-state index in [1.54, 1.807) is 7.05 Å². The van der Waals surface area contributed by atoms with E-state index in [0.717, 1.165) is 19.5 Å². The van der Waals surface area contributed by atoms with Crippen LogP contribution in [0.25, 0.3) is 0 Å². The van der Waals surface area contributed by atoms with Crippen LogP contribution in [0.5, 0.6) is 0 Å². The van der Waals surface area contributed by atoms with Crippen molar-refractivity contribution >= 4 is 5.91 Å². The molecule has 0 aromatic heterocycles. The normalized spacial score (nSPS) is 15.6. The highest BCUT2D eigenvalue weighted by atomic mass is 16.1. The predicted octanol–water partition coefficient (Wildman–Crippen LogP) is 1.91. The SMILES string of the molecule is CNC(=O)CN1CCc2ccc(C(C)C)cc2C1. The highest BCUT2D eigenvalue weighted by molar-refractivity contribution is 5.77. The molecule has 1 aliphatic heterocycles. The summed E-state index contributed by atoms with van der Waals surface area (Å²) in [6.07, 6.45) is 1.05. The van der Waals surface area contributed by atoms with Gasteiger partial charge < -0.3 is 5.32 Å². The lowest BCUT2D eigenvalue weighted by molar-refractivity contribution is -0.121. The molecule has 1 N–H and O–H groups in total. The fourth-order valence-electron chi connectivity index (χ4n) is 2.41. The van der Waals surface area contributed by atoms with Gasteiger partial charge in [-0.25, -0.2) is 0 Å². The van der Waals surface area contributed by atoms with Crippen molar-refractivity contribution < 1.29 is 4.79 Å². The van der Waals surface area contributed by atoms with E-state index in [4.69, 9.17) is 0 Å². The van der Waals surface area contributed by atoms with E-state index in [9.17, 15) is 4.79 Å². The van der Waals surface area contributed by atoms with Gasteiger partial charge in [0.05, 0.1) is 6.54 Å². The fraction of sp³-hybridized carbons (Fsp3) is 0.533. The van der Waals surface area contributed by atoms with Gasteiger partial charge in [0.1, 0.15) is 0 Å². The highest BCUT2D eigenvalue weighted by Crippen LogP contribution is 2.23. The monoisotopic (exact) mass is 246 g/mol. The lowest BCUT2D eigenvalue weighted by Crippen LogP contribution is -2.38. The van der Waals surface area contributed by atoms with Crippen LogP contribution in [-0.4, -0.2) is 30.9 Å². The van der Waals surface area contributed by atoms with E-state index in [2.05, 4.69) is 42.3 Å². The molecule has 2 rings (SSSR count). The van der Waals surface area contributed by atoms with Crippen LogP contribution < -0.4 is 5.32 Å². The van der Waals surface area contributed by atoms with E-state index in [1.807, 2.05) is 0 Å². The van der Waals surface area contributed by atoms with Crippen LogP contribution in [0.4, 0.5) is 0 Å². The molecule has 0 saturated heterocycles. The minimum atomic E-state index is 0.0958. The predicted molar refractivity (Wildman–Crippen MR) is 73.6 cm³/mol. The first-order valence-electron chi connectivity index (χ1n) is 6.64. The van der Waals surface area contributed by atoms with E-state index < -0.39 is 0 Å². The second-order valence-electron chi connectivity index (χ2n) is 5.32. The third-order valence-corrected chi connectivity index (χ3v) is 3.63. The molecule has 1 aromatic carbocycles. The second-order valence-corrected chi connectivity index (χ2v) is 5.32. The van der Waals surface area contributed by atoms with Gasteiger partial charge in [0.2, 0.25) is 5.91 Å². The summed E-state index contributed by atoms with van der Waals surface area (Å²) in [5, 5.41) is 2.69. The first-order valence-corrected chi connectivity index (χ1v) is 6.64. The van der Waals surface area contributed by atoms with Crippen molar-refractivity contribution in [3.05, 3.63) is 34.9 Å². The van der Waals surface area contributed by atoms with Gasteiger partial charge in [-0.15, -0.1) is 0 Å². The van der Waals surface area contributed by atoms with Gasteiger partial charge in [0, 0.05) is 20.1 Å². The molecular formula is C15H22N2O. The average molecular weight is 246 g/mol. The molecule has 0 fully saturated rings. The molecule has 0 aliphatic carbocycles. The Morgan fingerprint density at radius 2 is 2.17 bits per heavy atom. The molecule has 18 heavy (non-hydrogen) atoms. The van der Waals surface area contributed by atoms with Crippen LogP contribution in [0.15, 0.2) is 18.2 Å². The highest BCUT2D eigenvalue weighted by Gasteiger charge is 2.18. The van der Waals surface area contributed by atoms with Crippen LogP contribution in [-0.2, 0) is 17.8 Å². The Kier molecular flexibility index (Phi) is 4.02. The Morgan fingerprint density at radius 3 is 2.83 bits per heavy atom. The summed E-state index contributed by atoms with van der Waals surface area (Å²) in [5.41, 5.74) is 4.21. The molecule has 3 nitrogen and oxygen atoms in total. The number of benzene rings is 1. The maximum absolute atomic E-state index is 11.4. The van der Waals surface area contributed by atoms with Crippen molar-refractivity contribution in [2.24, 2.45) is 0 Å². The zero-order valence-corrected chi connectivity index (χ0v) is 11.5. The van der Waals surface area contributed by atoms with Gasteiger partial charge >= 0.3 is 0 Å². The van der Waals surface area contributed by atoms with Gasteiger partial charge in [-0.05, 0) is 29.0 Å². The zero-order chi connectivity index (χ0) is 13.1. The average Bonchev–Trinajstić information content (AvgIpc) is 2.37. The standard InChI is InChI=1S/C15H22N2O/c1-11(2)13-5-4-12-6-7-17(9-14(12)8-13)10-15(18)16-3/h4-5,8,11H,6-7,9-10H2,1-3H3,(H,16,18). The molecule has 0 radical (unpaired) electrons. The molecule has 98 valence electrons. The molecule has 3 heteroatoms. The number of likely N-dealkylation sites (N-methyl/N-ethyl adjacent to an activating group) is 1. The van der Waals surface area contributed by atoms with Crippen molar-refractivity contribution in [2.75, 3.05) is 20.1 Å². The van der Waals surface area contributed by atoms with Gasteiger partial charge in [-0.3, -0.25) is 9.69 Å². The number of nitrogens with zero attached hydrogens (tertiary/aromatic N) is 1. The maximum atomic E-state index is 11.4. The first kappa shape index (κ1) is 13.1.